The molecule has 0 saturated carbocycles. The molecule has 3 aromatic carbocycles. The highest BCUT2D eigenvalue weighted by molar-refractivity contribution is 8.14. The lowest BCUT2D eigenvalue weighted by molar-refractivity contribution is 0.475. The molecule has 0 fully saturated rings. The van der Waals surface area contributed by atoms with Crippen LogP contribution in [-0.2, 0) is 9.05 Å². The van der Waals surface area contributed by atoms with Gasteiger partial charge in [0.1, 0.15) is 5.75 Å². The Balaban J connectivity index is 0.000000203. The first-order chi connectivity index (χ1) is 10.8. The molecule has 0 atom stereocenters. The number of nitrogens with two attached hydrogens (primary N) is 2. The van der Waals surface area contributed by atoms with Crippen molar-refractivity contribution in [3.63, 3.8) is 0 Å². The average Bonchev–Trinajstić information content (AvgIpc) is 2.47. The van der Waals surface area contributed by atoms with E-state index >= 15 is 0 Å². The number of aromatic hydroxyl groups is 1. The van der Waals surface area contributed by atoms with E-state index in [0.717, 1.165) is 0 Å². The summed E-state index contributed by atoms with van der Waals surface area (Å²) in [5.74, 6) is 0.213. The van der Waals surface area contributed by atoms with Crippen molar-refractivity contribution < 1.29 is 13.5 Å². The van der Waals surface area contributed by atoms with E-state index in [1.165, 1.54) is 18.2 Å². The number of anilines is 2. The maximum Gasteiger partial charge on any atom is 0.261 e. The molecule has 0 aliphatic carbocycles. The Morgan fingerprint density at radius 3 is 2.04 bits per heavy atom. The fraction of sp³-hybridized carbons (Fsp3) is 0. The van der Waals surface area contributed by atoms with E-state index in [-0.39, 0.29) is 10.6 Å². The lowest BCUT2D eigenvalue weighted by Crippen LogP contribution is -1.95. The van der Waals surface area contributed by atoms with Crippen molar-refractivity contribution in [2.24, 2.45) is 0 Å². The normalized spacial score (nSPS) is 10.8. The summed E-state index contributed by atoms with van der Waals surface area (Å²) >= 11 is 0. The first-order valence-electron chi connectivity index (χ1n) is 6.55. The molecule has 0 saturated heterocycles. The number of benzene rings is 3. The van der Waals surface area contributed by atoms with Gasteiger partial charge in [-0.2, -0.15) is 0 Å². The highest BCUT2D eigenvalue weighted by Gasteiger charge is 2.14. The molecule has 0 radical (unpaired) electrons. The quantitative estimate of drug-likeness (QED) is 0.461. The molecule has 0 aromatic heterocycles. The van der Waals surface area contributed by atoms with E-state index in [0.29, 0.717) is 22.1 Å². The minimum Gasteiger partial charge on any atom is -0.508 e. The molecule has 3 rings (SSSR count). The Morgan fingerprint density at radius 2 is 1.52 bits per heavy atom. The third kappa shape index (κ3) is 4.28. The van der Waals surface area contributed by atoms with Crippen LogP contribution in [0, 0.1) is 0 Å². The van der Waals surface area contributed by atoms with Gasteiger partial charge in [0.2, 0.25) is 0 Å². The first-order valence-corrected chi connectivity index (χ1v) is 8.86. The van der Waals surface area contributed by atoms with Gasteiger partial charge in [-0.25, -0.2) is 8.42 Å². The zero-order valence-electron chi connectivity index (χ0n) is 12.0. The summed E-state index contributed by atoms with van der Waals surface area (Å²) in [6, 6.07) is 16.4. The Morgan fingerprint density at radius 1 is 0.870 bits per heavy atom. The molecule has 0 aliphatic rings. The highest BCUT2D eigenvalue weighted by Crippen LogP contribution is 2.29. The van der Waals surface area contributed by atoms with Gasteiger partial charge in [-0.3, -0.25) is 0 Å². The number of phenolic OH excluding ortho intramolecular Hbond substituents is 1. The van der Waals surface area contributed by atoms with Crippen molar-refractivity contribution in [3.8, 4) is 5.75 Å². The van der Waals surface area contributed by atoms with Crippen LogP contribution in [0.25, 0.3) is 10.8 Å². The van der Waals surface area contributed by atoms with Gasteiger partial charge in [0.05, 0.1) is 4.90 Å². The maximum absolute atomic E-state index is 11.3. The van der Waals surface area contributed by atoms with Gasteiger partial charge >= 0.3 is 0 Å². The molecular weight excluding hydrogens is 336 g/mol. The van der Waals surface area contributed by atoms with E-state index in [2.05, 4.69) is 0 Å². The number of hydrogen-bond donors (Lipinski definition) is 3. The monoisotopic (exact) mass is 350 g/mol. The smallest absolute Gasteiger partial charge is 0.261 e. The minimum atomic E-state index is -3.73. The number of halogens is 1. The molecule has 7 heteroatoms. The molecule has 0 bridgehead atoms. The highest BCUT2D eigenvalue weighted by atomic mass is 35.7. The zero-order valence-corrected chi connectivity index (χ0v) is 13.6. The molecule has 0 unspecified atom stereocenters. The summed E-state index contributed by atoms with van der Waals surface area (Å²) in [6.07, 6.45) is 0. The van der Waals surface area contributed by atoms with Crippen LogP contribution in [0.15, 0.2) is 65.6 Å². The van der Waals surface area contributed by atoms with Crippen molar-refractivity contribution in [3.05, 3.63) is 60.7 Å². The van der Waals surface area contributed by atoms with Crippen LogP contribution in [-0.4, -0.2) is 13.5 Å². The molecule has 0 amide bonds. The summed E-state index contributed by atoms with van der Waals surface area (Å²) in [4.78, 5) is 0.0916. The van der Waals surface area contributed by atoms with Crippen LogP contribution in [0.3, 0.4) is 0 Å². The Kier molecular flexibility index (Phi) is 4.98. The lowest BCUT2D eigenvalue weighted by atomic mass is 10.1. The molecule has 23 heavy (non-hydrogen) atoms. The van der Waals surface area contributed by atoms with Crippen molar-refractivity contribution >= 4 is 41.9 Å². The number of rotatable bonds is 1. The van der Waals surface area contributed by atoms with Crippen LogP contribution in [0.5, 0.6) is 5.75 Å². The second-order valence-corrected chi connectivity index (χ2v) is 7.27. The molecule has 120 valence electrons. The van der Waals surface area contributed by atoms with Gasteiger partial charge in [-0.1, -0.05) is 30.3 Å². The van der Waals surface area contributed by atoms with Crippen LogP contribution < -0.4 is 11.5 Å². The molecule has 3 aromatic rings. The summed E-state index contributed by atoms with van der Waals surface area (Å²) in [5.41, 5.74) is 12.2. The Labute approximate surface area is 138 Å². The Bertz CT molecular complexity index is 926. The SMILES string of the molecule is Nc1ccc(S(=O)(=O)Cl)c2ccccc12.Nc1cccc(O)c1. The van der Waals surface area contributed by atoms with Crippen LogP contribution in [0.4, 0.5) is 11.4 Å². The molecule has 5 N–H and O–H groups in total. The van der Waals surface area contributed by atoms with Crippen LogP contribution in [0.2, 0.25) is 0 Å². The van der Waals surface area contributed by atoms with E-state index in [1.807, 2.05) is 0 Å². The lowest BCUT2D eigenvalue weighted by Gasteiger charge is -2.05. The fourth-order valence-electron chi connectivity index (χ4n) is 2.03. The predicted octanol–water partition coefficient (Wildman–Crippen LogP) is 3.32. The van der Waals surface area contributed by atoms with Crippen molar-refractivity contribution in [2.45, 2.75) is 4.90 Å². The average molecular weight is 351 g/mol. The molecule has 0 spiro atoms. The van der Waals surface area contributed by atoms with E-state index in [9.17, 15) is 8.42 Å². The van der Waals surface area contributed by atoms with E-state index in [4.69, 9.17) is 27.3 Å². The predicted molar refractivity (Wildman–Crippen MR) is 93.9 cm³/mol. The zero-order chi connectivity index (χ0) is 17.0. The van der Waals surface area contributed by atoms with Gasteiger partial charge in [0, 0.05) is 38.9 Å². The van der Waals surface area contributed by atoms with Gasteiger partial charge < -0.3 is 16.6 Å². The Hall–Kier alpha value is -2.44. The largest absolute Gasteiger partial charge is 0.508 e. The summed E-state index contributed by atoms with van der Waals surface area (Å²) in [5, 5.41) is 9.98. The molecular formula is C16H15ClN2O3S. The summed E-state index contributed by atoms with van der Waals surface area (Å²) < 4.78 is 22.6. The maximum atomic E-state index is 11.3. The van der Waals surface area contributed by atoms with E-state index in [1.54, 1.807) is 42.5 Å². The third-order valence-electron chi connectivity index (χ3n) is 3.05. The molecule has 0 aliphatic heterocycles. The van der Waals surface area contributed by atoms with Crippen molar-refractivity contribution in [1.82, 2.24) is 0 Å². The van der Waals surface area contributed by atoms with Crippen molar-refractivity contribution in [1.29, 1.82) is 0 Å². The summed E-state index contributed by atoms with van der Waals surface area (Å²) in [7, 11) is 1.59. The van der Waals surface area contributed by atoms with Gasteiger partial charge in [0.15, 0.2) is 0 Å². The minimum absolute atomic E-state index is 0.0916. The topological polar surface area (TPSA) is 106 Å². The van der Waals surface area contributed by atoms with Crippen LogP contribution >= 0.6 is 10.7 Å². The number of nitrogen functional groups attached to an aromatic ring is 2. The number of fused-ring (bicyclic) bond motifs is 1. The first kappa shape index (κ1) is 16.9. The summed E-state index contributed by atoms with van der Waals surface area (Å²) in [6.45, 7) is 0. The van der Waals surface area contributed by atoms with E-state index < -0.39 is 9.05 Å². The second kappa shape index (κ2) is 6.76. The van der Waals surface area contributed by atoms with Gasteiger partial charge in [-0.15, -0.1) is 0 Å². The van der Waals surface area contributed by atoms with Crippen molar-refractivity contribution in [2.75, 3.05) is 11.5 Å². The third-order valence-corrected chi connectivity index (χ3v) is 4.43. The standard InChI is InChI=1S/C10H8ClNO2S.C6H7NO/c11-15(13,14)10-6-5-9(12)7-3-1-2-4-8(7)10;7-5-2-1-3-6(8)4-5/h1-6H,12H2;1-4,8H,7H2. The number of phenols is 1. The fourth-order valence-corrected chi connectivity index (χ4v) is 3.11. The molecule has 5 nitrogen and oxygen atoms in total. The second-order valence-electron chi connectivity index (χ2n) is 4.73. The van der Waals surface area contributed by atoms with Crippen LogP contribution in [0.1, 0.15) is 0 Å². The number of hydrogen-bond acceptors (Lipinski definition) is 5. The van der Waals surface area contributed by atoms with Gasteiger partial charge in [0.25, 0.3) is 9.05 Å². The van der Waals surface area contributed by atoms with Gasteiger partial charge in [-0.05, 0) is 24.3 Å². The molecule has 0 heterocycles.